The van der Waals surface area contributed by atoms with Gasteiger partial charge in [-0.25, -0.2) is 41.8 Å². The molecule has 7 atom stereocenters. The number of hydrogen-bond donors (Lipinski definition) is 9. The van der Waals surface area contributed by atoms with Crippen LogP contribution in [-0.4, -0.2) is 128 Å². The lowest BCUT2D eigenvalue weighted by molar-refractivity contribution is -0.137. The van der Waals surface area contributed by atoms with Gasteiger partial charge in [-0.3, -0.25) is 27.7 Å². The number of sulfonamides is 1. The summed E-state index contributed by atoms with van der Waals surface area (Å²) in [5, 5.41) is 24.8. The first kappa shape index (κ1) is 48.0. The minimum Gasteiger partial charge on any atom is -0.386 e. The second-order valence-corrected chi connectivity index (χ2v) is 20.2. The number of hydrogen-bond acceptors (Lipinski definition) is 19. The lowest BCUT2D eigenvalue weighted by Crippen LogP contribution is -2.46. The van der Waals surface area contributed by atoms with Gasteiger partial charge in [0.25, 0.3) is 10.0 Å². The van der Waals surface area contributed by atoms with Gasteiger partial charge in [0, 0.05) is 48.9 Å². The maximum absolute atomic E-state index is 13.1. The Balaban J connectivity index is 1.12. The molecule has 61 heavy (non-hydrogen) atoms. The number of fused-ring (bicyclic) bond motifs is 2. The number of anilines is 2. The Hall–Kier alpha value is -4.01. The number of nitrogens with zero attached hydrogens (tertiary/aromatic N) is 5. The van der Waals surface area contributed by atoms with Crippen LogP contribution in [0.3, 0.4) is 0 Å². The van der Waals surface area contributed by atoms with Crippen LogP contribution in [0, 0.1) is 5.41 Å². The number of benzene rings is 2. The number of nitrogens with two attached hydrogens (primary N) is 1. The normalized spacial score (nSPS) is 21.1. The molecule has 0 aliphatic carbocycles. The number of rotatable bonds is 19. The molecule has 5 rings (SSSR count). The van der Waals surface area contributed by atoms with Crippen molar-refractivity contribution in [2.75, 3.05) is 44.5 Å². The summed E-state index contributed by atoms with van der Waals surface area (Å²) < 4.78 is 90.5. The number of phosphoric ester groups is 3. The summed E-state index contributed by atoms with van der Waals surface area (Å²) in [6.07, 6.45) is -7.53. The summed E-state index contributed by atoms with van der Waals surface area (Å²) in [6, 6.07) is 9.64. The predicted octanol–water partition coefficient (Wildman–Crippen LogP) is 0.0130. The number of aromatic nitrogens is 4. The molecule has 30 heteroatoms. The van der Waals surface area contributed by atoms with Crippen molar-refractivity contribution in [3.05, 3.63) is 49.1 Å². The number of aliphatic hydroxyl groups excluding tert-OH is 2. The highest BCUT2D eigenvalue weighted by atomic mass is 32.2. The molecule has 26 nitrogen and oxygen atoms in total. The van der Waals surface area contributed by atoms with E-state index in [-0.39, 0.29) is 21.9 Å². The summed E-state index contributed by atoms with van der Waals surface area (Å²) in [7, 11) is -17.3. The number of carbonyl (C=O) groups is 2. The van der Waals surface area contributed by atoms with Gasteiger partial charge in [0.2, 0.25) is 11.8 Å². The Morgan fingerprint density at radius 2 is 1.67 bits per heavy atom. The Morgan fingerprint density at radius 3 is 2.34 bits per heavy atom. The smallest absolute Gasteiger partial charge is 0.386 e. The van der Waals surface area contributed by atoms with Gasteiger partial charge in [-0.05, 0) is 12.1 Å². The zero-order valence-corrected chi connectivity index (χ0v) is 36.0. The average Bonchev–Trinajstić information content (AvgIpc) is 3.72. The average molecular weight is 941 g/mol. The number of amides is 2. The molecule has 1 aliphatic rings. The summed E-state index contributed by atoms with van der Waals surface area (Å²) >= 11 is 0. The van der Waals surface area contributed by atoms with E-state index in [4.69, 9.17) is 19.5 Å². The highest BCUT2D eigenvalue weighted by Gasteiger charge is 2.50. The Bertz CT molecular complexity index is 2540. The Morgan fingerprint density at radius 1 is 1.02 bits per heavy atom. The van der Waals surface area contributed by atoms with Gasteiger partial charge in [-0.1, -0.05) is 38.1 Å². The zero-order chi connectivity index (χ0) is 45.3. The molecule has 10 N–H and O–H groups in total. The van der Waals surface area contributed by atoms with Crippen LogP contribution in [0.25, 0.3) is 21.9 Å². The van der Waals surface area contributed by atoms with Crippen molar-refractivity contribution in [3.63, 3.8) is 0 Å². The van der Waals surface area contributed by atoms with Gasteiger partial charge < -0.3 is 50.5 Å². The highest BCUT2D eigenvalue weighted by Crippen LogP contribution is 2.61. The van der Waals surface area contributed by atoms with E-state index in [2.05, 4.69) is 29.1 Å². The van der Waals surface area contributed by atoms with Crippen LogP contribution in [0.1, 0.15) is 26.5 Å². The third-order valence-corrected chi connectivity index (χ3v) is 13.5. The molecule has 4 aromatic rings. The zero-order valence-electron chi connectivity index (χ0n) is 32.5. The van der Waals surface area contributed by atoms with Gasteiger partial charge in [-0.2, -0.15) is 4.31 Å². The Labute approximate surface area is 346 Å². The third kappa shape index (κ3) is 11.7. The van der Waals surface area contributed by atoms with E-state index >= 15 is 0 Å². The molecule has 2 unspecified atom stereocenters. The van der Waals surface area contributed by atoms with E-state index in [1.807, 2.05) is 4.72 Å². The quantitative estimate of drug-likeness (QED) is 0.0559. The van der Waals surface area contributed by atoms with Crippen molar-refractivity contribution in [1.29, 1.82) is 0 Å². The van der Waals surface area contributed by atoms with Crippen molar-refractivity contribution >= 4 is 78.7 Å². The maximum Gasteiger partial charge on any atom is 0.481 e. The maximum atomic E-state index is 13.1. The van der Waals surface area contributed by atoms with Crippen molar-refractivity contribution in [2.24, 2.45) is 5.41 Å². The van der Waals surface area contributed by atoms with Crippen molar-refractivity contribution in [3.8, 4) is 0 Å². The van der Waals surface area contributed by atoms with E-state index in [9.17, 15) is 61.5 Å². The van der Waals surface area contributed by atoms with Crippen LogP contribution in [0.4, 0.5) is 11.5 Å². The highest BCUT2D eigenvalue weighted by molar-refractivity contribution is 7.90. The largest absolute Gasteiger partial charge is 0.481 e. The second kappa shape index (κ2) is 18.4. The van der Waals surface area contributed by atoms with Gasteiger partial charge in [0.15, 0.2) is 17.7 Å². The van der Waals surface area contributed by atoms with Crippen LogP contribution < -0.4 is 20.7 Å². The molecule has 336 valence electrons. The fourth-order valence-corrected chi connectivity index (χ4v) is 10.1. The summed E-state index contributed by atoms with van der Waals surface area (Å²) in [6.45, 7) is -0.181. The first-order valence-corrected chi connectivity index (χ1v) is 23.6. The number of aliphatic hydroxyl groups is 2. The Kier molecular flexibility index (Phi) is 14.5. The number of nitrogen functional groups attached to an aromatic ring is 1. The fraction of sp³-hybridized carbons (Fsp3) is 0.452. The van der Waals surface area contributed by atoms with Crippen LogP contribution in [0.15, 0.2) is 53.9 Å². The lowest BCUT2D eigenvalue weighted by atomic mass is 9.87. The topological polar surface area (TPSA) is 384 Å². The molecule has 0 saturated carbocycles. The lowest BCUT2D eigenvalue weighted by Gasteiger charge is -2.30. The molecule has 3 heterocycles. The SMILES string of the molecule is CN(C)c1cccc2c(S(=O)(=O)NC(=O)CCNC(=O)[C@H](O)C(C)(C)COP(=O)(O)OP(=O)(O)OC[C@H]3O[C@@H](n4cnc5c(N)ncnc54)[C@H](O)[C@@H]3OP(=O)(O)O)cccc12. The molecule has 0 radical (unpaired) electrons. The molecular formula is C31H43N8O18P3S. The van der Waals surface area contributed by atoms with Gasteiger partial charge in [0.05, 0.1) is 24.4 Å². The summed E-state index contributed by atoms with van der Waals surface area (Å²) in [5.41, 5.74) is 4.88. The molecule has 1 aliphatic heterocycles. The van der Waals surface area contributed by atoms with Crippen molar-refractivity contribution in [2.45, 2.75) is 55.8 Å². The number of nitrogens with one attached hydrogen (secondary N) is 2. The van der Waals surface area contributed by atoms with E-state index in [0.29, 0.717) is 10.8 Å². The number of carbonyl (C=O) groups excluding carboxylic acids is 2. The van der Waals surface area contributed by atoms with Crippen LogP contribution in [-0.2, 0) is 55.9 Å². The molecule has 2 aromatic carbocycles. The van der Waals surface area contributed by atoms with E-state index < -0.39 is 108 Å². The monoisotopic (exact) mass is 940 g/mol. The van der Waals surface area contributed by atoms with Crippen LogP contribution in [0.2, 0.25) is 0 Å². The van der Waals surface area contributed by atoms with Crippen LogP contribution >= 0.6 is 23.5 Å². The van der Waals surface area contributed by atoms with E-state index in [0.717, 1.165) is 22.9 Å². The molecule has 0 bridgehead atoms. The second-order valence-electron chi connectivity index (χ2n) is 14.3. The first-order chi connectivity index (χ1) is 28.2. The summed E-state index contributed by atoms with van der Waals surface area (Å²) in [4.78, 5) is 78.1. The molecule has 2 amide bonds. The van der Waals surface area contributed by atoms with Crippen LogP contribution in [0.5, 0.6) is 0 Å². The van der Waals surface area contributed by atoms with Gasteiger partial charge in [-0.15, -0.1) is 0 Å². The molecule has 1 fully saturated rings. The fourth-order valence-electron chi connectivity index (χ4n) is 6.00. The molecular weight excluding hydrogens is 897 g/mol. The molecule has 1 saturated heterocycles. The van der Waals surface area contributed by atoms with Crippen molar-refractivity contribution < 1.29 is 84.1 Å². The third-order valence-electron chi connectivity index (χ3n) is 8.96. The number of imidazole rings is 1. The van der Waals surface area contributed by atoms with Gasteiger partial charge in [0.1, 0.15) is 36.3 Å². The predicted molar refractivity (Wildman–Crippen MR) is 210 cm³/mol. The molecule has 2 aromatic heterocycles. The number of phosphoric acid groups is 3. The van der Waals surface area contributed by atoms with Gasteiger partial charge >= 0.3 is 23.5 Å². The summed E-state index contributed by atoms with van der Waals surface area (Å²) in [5.74, 6) is -2.15. The van der Waals surface area contributed by atoms with E-state index in [1.165, 1.54) is 26.0 Å². The standard InChI is InChI=1S/C31H43N8O18P3S/c1-31(2,26(42)29(43)33-12-11-22(40)37-61(51,52)21-10-6-7-17-18(21)8-5-9-19(17)38(3)4)14-54-60(49,50)57-59(47,48)53-13-20-25(56-58(44,45)46)24(41)30(55-20)39-16-36-23-27(32)34-15-35-28(23)39/h5-10,15-16,20,24-26,30,41-42H,11-14H2,1-4H3,(H,33,43)(H,37,40)(H,47,48)(H,49,50)(H2,32,34,35)(H2,44,45,46)/t20-,24-,25-,26+,30-/m1/s1. The molecule has 0 spiro atoms. The first-order valence-electron chi connectivity index (χ1n) is 17.6. The minimum absolute atomic E-state index is 0.0145. The minimum atomic E-state index is -5.62. The van der Waals surface area contributed by atoms with E-state index in [1.54, 1.807) is 43.3 Å². The number of ether oxygens (including phenoxy) is 1. The van der Waals surface area contributed by atoms with Crippen molar-refractivity contribution in [1.82, 2.24) is 29.6 Å².